The van der Waals surface area contributed by atoms with Crippen molar-refractivity contribution in [1.29, 1.82) is 0 Å². The number of nitrogens with zero attached hydrogens (tertiary/aromatic N) is 1. The lowest BCUT2D eigenvalue weighted by Crippen LogP contribution is -2.23. The van der Waals surface area contributed by atoms with E-state index >= 15 is 0 Å². The number of carbonyl (C=O) groups is 1. The zero-order valence-corrected chi connectivity index (χ0v) is 14.7. The highest BCUT2D eigenvalue weighted by Crippen LogP contribution is 2.16. The third kappa shape index (κ3) is 4.62. The van der Waals surface area contributed by atoms with Crippen molar-refractivity contribution in [3.05, 3.63) is 89.5 Å². The fourth-order valence-electron chi connectivity index (χ4n) is 2.47. The number of allylic oxidation sites excluding steroid dienone is 1. The second-order valence-corrected chi connectivity index (χ2v) is 6.10. The number of benzene rings is 3. The molecule has 26 heavy (non-hydrogen) atoms. The van der Waals surface area contributed by atoms with Gasteiger partial charge in [0.2, 0.25) is 0 Å². The molecule has 0 unspecified atom stereocenters. The van der Waals surface area contributed by atoms with Crippen LogP contribution >= 0.6 is 12.2 Å². The van der Waals surface area contributed by atoms with Gasteiger partial charge in [-0.15, -0.1) is 0 Å². The first-order chi connectivity index (χ1) is 12.6. The zero-order valence-electron chi connectivity index (χ0n) is 13.9. The molecule has 0 amide bonds. The van der Waals surface area contributed by atoms with Gasteiger partial charge in [0.05, 0.1) is 6.21 Å². The monoisotopic (exact) mass is 359 g/mol. The summed E-state index contributed by atoms with van der Waals surface area (Å²) in [5, 5.41) is 6.19. The Labute approximate surface area is 157 Å². The van der Waals surface area contributed by atoms with E-state index in [9.17, 15) is 4.79 Å². The highest BCUT2D eigenvalue weighted by Gasteiger charge is 2.03. The van der Waals surface area contributed by atoms with Crippen LogP contribution in [0.5, 0.6) is 0 Å². The molecule has 0 radical (unpaired) electrons. The van der Waals surface area contributed by atoms with E-state index in [2.05, 4.69) is 22.7 Å². The lowest BCUT2D eigenvalue weighted by atomic mass is 10.0. The van der Waals surface area contributed by atoms with Crippen molar-refractivity contribution >= 4 is 46.2 Å². The Morgan fingerprint density at radius 2 is 1.65 bits per heavy atom. The molecule has 0 heterocycles. The number of rotatable bonds is 5. The number of hydrogen-bond donors (Lipinski definition) is 2. The van der Waals surface area contributed by atoms with Crippen molar-refractivity contribution in [3.8, 4) is 0 Å². The third-order valence-corrected chi connectivity index (χ3v) is 3.88. The molecular weight excluding hydrogens is 342 g/mol. The summed E-state index contributed by atoms with van der Waals surface area (Å²) in [6.45, 7) is 0. The SMILES string of the molecule is NC(=S)NN=Cc1ccc(C=CC(=O)c2ccc3ccccc3c2)cc1. The Kier molecular flexibility index (Phi) is 5.51. The van der Waals surface area contributed by atoms with Gasteiger partial charge < -0.3 is 5.73 Å². The zero-order chi connectivity index (χ0) is 18.4. The molecule has 0 aliphatic heterocycles. The van der Waals surface area contributed by atoms with Gasteiger partial charge in [-0.2, -0.15) is 5.10 Å². The topological polar surface area (TPSA) is 67.5 Å². The van der Waals surface area contributed by atoms with Crippen molar-refractivity contribution in [2.24, 2.45) is 10.8 Å². The fraction of sp³-hybridized carbons (Fsp3) is 0. The first-order valence-corrected chi connectivity index (χ1v) is 8.42. The molecule has 0 aromatic heterocycles. The van der Waals surface area contributed by atoms with Gasteiger partial charge in [-0.25, -0.2) is 0 Å². The molecular formula is C21H17N3OS. The lowest BCUT2D eigenvalue weighted by molar-refractivity contribution is 0.104. The van der Waals surface area contributed by atoms with Gasteiger partial charge in [0, 0.05) is 5.56 Å². The van der Waals surface area contributed by atoms with Crippen molar-refractivity contribution in [2.45, 2.75) is 0 Å². The summed E-state index contributed by atoms with van der Waals surface area (Å²) in [6, 6.07) is 21.3. The van der Waals surface area contributed by atoms with E-state index in [1.54, 1.807) is 18.4 Å². The van der Waals surface area contributed by atoms with Crippen LogP contribution in [-0.4, -0.2) is 17.1 Å². The summed E-state index contributed by atoms with van der Waals surface area (Å²) < 4.78 is 0. The van der Waals surface area contributed by atoms with Crippen LogP contribution in [0.25, 0.3) is 16.8 Å². The van der Waals surface area contributed by atoms with E-state index in [0.717, 1.165) is 21.9 Å². The van der Waals surface area contributed by atoms with E-state index in [4.69, 9.17) is 5.73 Å². The van der Waals surface area contributed by atoms with Crippen LogP contribution in [0.4, 0.5) is 0 Å². The molecule has 0 bridgehead atoms. The summed E-state index contributed by atoms with van der Waals surface area (Å²) in [4.78, 5) is 12.4. The lowest BCUT2D eigenvalue weighted by Gasteiger charge is -2.00. The summed E-state index contributed by atoms with van der Waals surface area (Å²) in [6.07, 6.45) is 5.00. The van der Waals surface area contributed by atoms with E-state index in [0.29, 0.717) is 5.56 Å². The van der Waals surface area contributed by atoms with Crippen molar-refractivity contribution < 1.29 is 4.79 Å². The van der Waals surface area contributed by atoms with Gasteiger partial charge in [0.15, 0.2) is 10.9 Å². The Morgan fingerprint density at radius 3 is 2.38 bits per heavy atom. The van der Waals surface area contributed by atoms with Gasteiger partial charge in [0.1, 0.15) is 0 Å². The molecule has 0 fully saturated rings. The molecule has 5 heteroatoms. The molecule has 0 atom stereocenters. The number of ketones is 1. The van der Waals surface area contributed by atoms with E-state index in [1.165, 1.54) is 0 Å². The molecule has 3 aromatic carbocycles. The minimum atomic E-state index is -0.0259. The van der Waals surface area contributed by atoms with E-state index in [-0.39, 0.29) is 10.9 Å². The number of hydrazone groups is 1. The Hall–Kier alpha value is -3.31. The molecule has 0 saturated heterocycles. The van der Waals surface area contributed by atoms with Gasteiger partial charge >= 0.3 is 0 Å². The molecule has 3 rings (SSSR count). The Bertz CT molecular complexity index is 1010. The number of carbonyl (C=O) groups excluding carboxylic acids is 1. The highest BCUT2D eigenvalue weighted by atomic mass is 32.1. The first-order valence-electron chi connectivity index (χ1n) is 8.01. The molecule has 0 spiro atoms. The largest absolute Gasteiger partial charge is 0.375 e. The van der Waals surface area contributed by atoms with Gasteiger partial charge in [-0.3, -0.25) is 10.2 Å². The number of fused-ring (bicyclic) bond motifs is 1. The van der Waals surface area contributed by atoms with E-state index in [1.807, 2.05) is 66.7 Å². The number of hydrogen-bond acceptors (Lipinski definition) is 3. The summed E-state index contributed by atoms with van der Waals surface area (Å²) in [7, 11) is 0. The minimum Gasteiger partial charge on any atom is -0.375 e. The minimum absolute atomic E-state index is 0.0259. The summed E-state index contributed by atoms with van der Waals surface area (Å²) >= 11 is 4.67. The fourth-order valence-corrected chi connectivity index (χ4v) is 2.53. The van der Waals surface area contributed by atoms with Crippen molar-refractivity contribution in [1.82, 2.24) is 5.43 Å². The average Bonchev–Trinajstić information content (AvgIpc) is 2.66. The maximum absolute atomic E-state index is 12.4. The number of nitrogens with two attached hydrogens (primary N) is 1. The first kappa shape index (κ1) is 17.5. The van der Waals surface area contributed by atoms with Crippen LogP contribution in [0.3, 0.4) is 0 Å². The maximum atomic E-state index is 12.4. The van der Waals surface area contributed by atoms with Crippen LogP contribution in [0.15, 0.2) is 77.9 Å². The second-order valence-electron chi connectivity index (χ2n) is 5.66. The van der Waals surface area contributed by atoms with Crippen LogP contribution < -0.4 is 11.2 Å². The quantitative estimate of drug-likeness (QED) is 0.238. The Balaban J connectivity index is 1.69. The van der Waals surface area contributed by atoms with Crippen LogP contribution in [-0.2, 0) is 0 Å². The summed E-state index contributed by atoms with van der Waals surface area (Å²) in [5.41, 5.74) is 10.3. The molecule has 0 aliphatic carbocycles. The number of nitrogens with one attached hydrogen (secondary N) is 1. The van der Waals surface area contributed by atoms with Crippen molar-refractivity contribution in [3.63, 3.8) is 0 Å². The van der Waals surface area contributed by atoms with Gasteiger partial charge in [0.25, 0.3) is 0 Å². The van der Waals surface area contributed by atoms with Crippen LogP contribution in [0.2, 0.25) is 0 Å². The van der Waals surface area contributed by atoms with Crippen LogP contribution in [0, 0.1) is 0 Å². The molecule has 0 saturated carbocycles. The molecule has 3 N–H and O–H groups in total. The van der Waals surface area contributed by atoms with Gasteiger partial charge in [-0.05, 0) is 46.3 Å². The predicted octanol–water partition coefficient (Wildman–Crippen LogP) is 3.90. The van der Waals surface area contributed by atoms with E-state index < -0.39 is 0 Å². The van der Waals surface area contributed by atoms with Gasteiger partial charge in [-0.1, -0.05) is 66.7 Å². The van der Waals surface area contributed by atoms with Crippen molar-refractivity contribution in [2.75, 3.05) is 0 Å². The highest BCUT2D eigenvalue weighted by molar-refractivity contribution is 7.80. The Morgan fingerprint density at radius 1 is 0.962 bits per heavy atom. The molecule has 0 aliphatic rings. The average molecular weight is 359 g/mol. The summed E-state index contributed by atoms with van der Waals surface area (Å²) in [5.74, 6) is -0.0259. The smallest absolute Gasteiger partial charge is 0.185 e. The second kappa shape index (κ2) is 8.18. The standard InChI is InChI=1S/C21H17N3OS/c22-21(26)24-23-14-16-7-5-15(6-8-16)9-12-20(25)19-11-10-17-3-1-2-4-18(17)13-19/h1-14H,(H3,22,24,26). The predicted molar refractivity (Wildman–Crippen MR) is 111 cm³/mol. The molecule has 4 nitrogen and oxygen atoms in total. The maximum Gasteiger partial charge on any atom is 0.185 e. The molecule has 128 valence electrons. The number of thiocarbonyl (C=S) groups is 1. The van der Waals surface area contributed by atoms with Crippen LogP contribution in [0.1, 0.15) is 21.5 Å². The molecule has 3 aromatic rings. The normalized spacial score (nSPS) is 11.2. The third-order valence-electron chi connectivity index (χ3n) is 3.79.